The largest absolute Gasteiger partial charge is 0.382 e. The van der Waals surface area contributed by atoms with Crippen molar-refractivity contribution < 1.29 is 9.53 Å². The van der Waals surface area contributed by atoms with Crippen LogP contribution in [0.4, 0.5) is 10.9 Å². The Morgan fingerprint density at radius 3 is 2.75 bits per heavy atom. The number of nitrogens with one attached hydrogen (secondary N) is 1. The predicted molar refractivity (Wildman–Crippen MR) is 81.4 cm³/mol. The van der Waals surface area contributed by atoms with Crippen LogP contribution in [0.5, 0.6) is 0 Å². The summed E-state index contributed by atoms with van der Waals surface area (Å²) in [4.78, 5) is 19.2. The Balaban J connectivity index is 2.12. The lowest BCUT2D eigenvalue weighted by molar-refractivity contribution is 0.0916. The summed E-state index contributed by atoms with van der Waals surface area (Å²) in [5.41, 5.74) is 5.65. The molecule has 2 heterocycles. The third kappa shape index (κ3) is 3.40. The van der Waals surface area contributed by atoms with Gasteiger partial charge in [-0.05, 0) is 20.3 Å². The minimum Gasteiger partial charge on any atom is -0.382 e. The SMILES string of the molecule is CCC(C)(C)NC(=O)c1sc(N2CCOCC2)nc1N. The van der Waals surface area contributed by atoms with E-state index in [2.05, 4.69) is 15.2 Å². The molecule has 1 saturated heterocycles. The van der Waals surface area contributed by atoms with E-state index in [1.165, 1.54) is 11.3 Å². The van der Waals surface area contributed by atoms with E-state index >= 15 is 0 Å². The zero-order valence-corrected chi connectivity index (χ0v) is 13.0. The summed E-state index contributed by atoms with van der Waals surface area (Å²) in [5, 5.41) is 3.78. The molecular weight excluding hydrogens is 276 g/mol. The van der Waals surface area contributed by atoms with Crippen molar-refractivity contribution in [2.45, 2.75) is 32.7 Å². The molecule has 1 fully saturated rings. The minimum absolute atomic E-state index is 0.147. The topological polar surface area (TPSA) is 80.5 Å². The minimum atomic E-state index is -0.243. The molecule has 0 spiro atoms. The van der Waals surface area contributed by atoms with E-state index in [-0.39, 0.29) is 11.4 Å². The number of nitrogens with two attached hydrogens (primary N) is 1. The fraction of sp³-hybridized carbons (Fsp3) is 0.692. The molecule has 0 bridgehead atoms. The molecule has 3 N–H and O–H groups in total. The summed E-state index contributed by atoms with van der Waals surface area (Å²) in [6.07, 6.45) is 0.855. The number of anilines is 2. The van der Waals surface area contributed by atoms with Gasteiger partial charge < -0.3 is 20.7 Å². The Kier molecular flexibility index (Phi) is 4.49. The molecule has 7 heteroatoms. The van der Waals surface area contributed by atoms with E-state index in [0.717, 1.165) is 24.6 Å². The van der Waals surface area contributed by atoms with Gasteiger partial charge in [0.2, 0.25) is 0 Å². The molecular formula is C13H22N4O2S. The Morgan fingerprint density at radius 1 is 1.50 bits per heavy atom. The lowest BCUT2D eigenvalue weighted by Gasteiger charge is -2.26. The van der Waals surface area contributed by atoms with Crippen LogP contribution >= 0.6 is 11.3 Å². The summed E-state index contributed by atoms with van der Waals surface area (Å²) in [6, 6.07) is 0. The Hall–Kier alpha value is -1.34. The number of nitrogen functional groups attached to an aromatic ring is 1. The van der Waals surface area contributed by atoms with E-state index in [4.69, 9.17) is 10.5 Å². The van der Waals surface area contributed by atoms with E-state index in [9.17, 15) is 4.79 Å². The molecule has 1 aromatic rings. The Labute approximate surface area is 123 Å². The van der Waals surface area contributed by atoms with Gasteiger partial charge in [0.05, 0.1) is 13.2 Å². The molecule has 0 radical (unpaired) electrons. The highest BCUT2D eigenvalue weighted by Crippen LogP contribution is 2.29. The second kappa shape index (κ2) is 5.97. The molecule has 0 aliphatic carbocycles. The van der Waals surface area contributed by atoms with E-state index < -0.39 is 0 Å². The van der Waals surface area contributed by atoms with Crippen molar-refractivity contribution in [2.75, 3.05) is 36.9 Å². The maximum absolute atomic E-state index is 12.3. The highest BCUT2D eigenvalue weighted by molar-refractivity contribution is 7.18. The van der Waals surface area contributed by atoms with Crippen molar-refractivity contribution in [1.29, 1.82) is 0 Å². The zero-order valence-electron chi connectivity index (χ0n) is 12.2. The molecule has 20 heavy (non-hydrogen) atoms. The molecule has 6 nitrogen and oxygen atoms in total. The standard InChI is InChI=1S/C13H22N4O2S/c1-4-13(2,3)16-11(18)9-10(14)15-12(20-9)17-5-7-19-8-6-17/h4-8,14H2,1-3H3,(H,16,18). The maximum Gasteiger partial charge on any atom is 0.265 e. The summed E-state index contributed by atoms with van der Waals surface area (Å²) < 4.78 is 5.31. The lowest BCUT2D eigenvalue weighted by Crippen LogP contribution is -2.42. The van der Waals surface area contributed by atoms with Gasteiger partial charge in [0.25, 0.3) is 5.91 Å². The monoisotopic (exact) mass is 298 g/mol. The van der Waals surface area contributed by atoms with E-state index in [1.807, 2.05) is 20.8 Å². The lowest BCUT2D eigenvalue weighted by atomic mass is 10.0. The van der Waals surface area contributed by atoms with Crippen LogP contribution in [0, 0.1) is 0 Å². The summed E-state index contributed by atoms with van der Waals surface area (Å²) in [5.74, 6) is 0.159. The van der Waals surface area contributed by atoms with Gasteiger partial charge in [0, 0.05) is 18.6 Å². The summed E-state index contributed by atoms with van der Waals surface area (Å²) in [6.45, 7) is 8.96. The number of carbonyl (C=O) groups excluding carboxylic acids is 1. The number of nitrogens with zero attached hydrogens (tertiary/aromatic N) is 2. The fourth-order valence-electron chi connectivity index (χ4n) is 1.83. The van der Waals surface area contributed by atoms with Crippen LogP contribution in [0.3, 0.4) is 0 Å². The van der Waals surface area contributed by atoms with E-state index in [1.54, 1.807) is 0 Å². The van der Waals surface area contributed by atoms with Gasteiger partial charge >= 0.3 is 0 Å². The van der Waals surface area contributed by atoms with Gasteiger partial charge in [0.1, 0.15) is 10.7 Å². The van der Waals surface area contributed by atoms with Crippen molar-refractivity contribution in [2.24, 2.45) is 0 Å². The molecule has 0 unspecified atom stereocenters. The molecule has 1 amide bonds. The van der Waals surface area contributed by atoms with Crippen molar-refractivity contribution in [3.8, 4) is 0 Å². The van der Waals surface area contributed by atoms with Crippen LogP contribution in [-0.2, 0) is 4.74 Å². The Bertz CT molecular complexity index is 481. The van der Waals surface area contributed by atoms with Gasteiger partial charge in [-0.2, -0.15) is 0 Å². The summed E-state index contributed by atoms with van der Waals surface area (Å²) >= 11 is 1.35. The normalized spacial score (nSPS) is 16.2. The number of thiazole rings is 1. The molecule has 0 atom stereocenters. The van der Waals surface area contributed by atoms with Gasteiger partial charge in [-0.25, -0.2) is 4.98 Å². The molecule has 1 aliphatic rings. The number of amides is 1. The smallest absolute Gasteiger partial charge is 0.265 e. The van der Waals surface area contributed by atoms with Crippen LogP contribution in [0.15, 0.2) is 0 Å². The van der Waals surface area contributed by atoms with Crippen molar-refractivity contribution in [3.05, 3.63) is 4.88 Å². The molecule has 0 aromatic carbocycles. The second-order valence-electron chi connectivity index (χ2n) is 5.50. The Morgan fingerprint density at radius 2 is 2.15 bits per heavy atom. The van der Waals surface area contributed by atoms with Crippen molar-refractivity contribution in [1.82, 2.24) is 10.3 Å². The fourth-order valence-corrected chi connectivity index (χ4v) is 2.76. The number of rotatable bonds is 4. The third-order valence-corrected chi connectivity index (χ3v) is 4.60. The van der Waals surface area contributed by atoms with Crippen LogP contribution in [0.25, 0.3) is 0 Å². The first-order chi connectivity index (χ1) is 9.43. The number of hydrogen-bond acceptors (Lipinski definition) is 6. The quantitative estimate of drug-likeness (QED) is 0.880. The molecule has 2 rings (SSSR count). The third-order valence-electron chi connectivity index (χ3n) is 3.47. The average molecular weight is 298 g/mol. The number of aromatic nitrogens is 1. The van der Waals surface area contributed by atoms with Gasteiger partial charge in [-0.1, -0.05) is 18.3 Å². The van der Waals surface area contributed by atoms with Crippen molar-refractivity contribution in [3.63, 3.8) is 0 Å². The summed E-state index contributed by atoms with van der Waals surface area (Å²) in [7, 11) is 0. The molecule has 112 valence electrons. The first kappa shape index (κ1) is 15.1. The predicted octanol–water partition coefficient (Wildman–Crippen LogP) is 1.48. The average Bonchev–Trinajstić information content (AvgIpc) is 2.81. The van der Waals surface area contributed by atoms with Gasteiger partial charge in [0.15, 0.2) is 5.13 Å². The van der Waals surface area contributed by atoms with Crippen LogP contribution in [-0.4, -0.2) is 42.7 Å². The van der Waals surface area contributed by atoms with Crippen LogP contribution < -0.4 is 16.0 Å². The maximum atomic E-state index is 12.3. The number of morpholine rings is 1. The van der Waals surface area contributed by atoms with Gasteiger partial charge in [-0.15, -0.1) is 0 Å². The van der Waals surface area contributed by atoms with Crippen LogP contribution in [0.2, 0.25) is 0 Å². The zero-order chi connectivity index (χ0) is 14.8. The van der Waals surface area contributed by atoms with Crippen LogP contribution in [0.1, 0.15) is 36.9 Å². The first-order valence-electron chi connectivity index (χ1n) is 6.84. The molecule has 1 aromatic heterocycles. The number of hydrogen-bond donors (Lipinski definition) is 2. The van der Waals surface area contributed by atoms with E-state index in [0.29, 0.717) is 23.9 Å². The number of ether oxygens (including phenoxy) is 1. The highest BCUT2D eigenvalue weighted by Gasteiger charge is 2.24. The first-order valence-corrected chi connectivity index (χ1v) is 7.66. The van der Waals surface area contributed by atoms with Gasteiger partial charge in [-0.3, -0.25) is 4.79 Å². The molecule has 0 saturated carbocycles. The second-order valence-corrected chi connectivity index (χ2v) is 6.48. The number of carbonyl (C=O) groups is 1. The highest BCUT2D eigenvalue weighted by atomic mass is 32.1. The molecule has 1 aliphatic heterocycles. The van der Waals surface area contributed by atoms with Crippen molar-refractivity contribution >= 4 is 28.2 Å².